The van der Waals surface area contributed by atoms with Gasteiger partial charge in [-0.05, 0) is 13.0 Å². The molecule has 0 saturated heterocycles. The van der Waals surface area contributed by atoms with Crippen molar-refractivity contribution in [3.63, 3.8) is 0 Å². The molecule has 0 bridgehead atoms. The summed E-state index contributed by atoms with van der Waals surface area (Å²) in [6, 6.07) is 14.9. The summed E-state index contributed by atoms with van der Waals surface area (Å²) < 4.78 is 6.46. The van der Waals surface area contributed by atoms with Crippen LogP contribution in [0.3, 0.4) is 0 Å². The molecule has 1 N–H and O–H groups in total. The molecule has 4 rings (SSSR count). The summed E-state index contributed by atoms with van der Waals surface area (Å²) in [5, 5.41) is 12.2. The van der Waals surface area contributed by atoms with Gasteiger partial charge in [-0.1, -0.05) is 53.2 Å². The van der Waals surface area contributed by atoms with E-state index in [1.807, 2.05) is 37.3 Å². The van der Waals surface area contributed by atoms with Crippen molar-refractivity contribution < 1.29 is 9.32 Å². The lowest BCUT2D eigenvalue weighted by atomic mass is 10.1. The molecule has 8 heteroatoms. The lowest BCUT2D eigenvalue weighted by Crippen LogP contribution is -2.27. The van der Waals surface area contributed by atoms with E-state index in [4.69, 9.17) is 4.52 Å². The minimum atomic E-state index is -0.253. The number of rotatable bonds is 5. The smallest absolute Gasteiger partial charge is 0.274 e. The first kappa shape index (κ1) is 18.5. The molecule has 0 saturated carbocycles. The highest BCUT2D eigenvalue weighted by molar-refractivity contribution is 5.88. The van der Waals surface area contributed by atoms with Gasteiger partial charge in [0.2, 0.25) is 17.6 Å². The summed E-state index contributed by atoms with van der Waals surface area (Å²) in [6.45, 7) is 2.12. The molecule has 0 spiro atoms. The monoisotopic (exact) mass is 389 g/mol. The summed E-state index contributed by atoms with van der Waals surface area (Å²) in [6.07, 6.45) is 0.0353. The molecule has 0 aliphatic heterocycles. The van der Waals surface area contributed by atoms with Crippen LogP contribution >= 0.6 is 0 Å². The number of aromatic nitrogens is 4. The summed E-state index contributed by atoms with van der Waals surface area (Å²) in [5.74, 6) is 0.531. The average molecular weight is 389 g/mol. The summed E-state index contributed by atoms with van der Waals surface area (Å²) in [4.78, 5) is 28.9. The van der Waals surface area contributed by atoms with Crippen molar-refractivity contribution in [1.29, 1.82) is 0 Å². The van der Waals surface area contributed by atoms with Crippen molar-refractivity contribution >= 4 is 16.7 Å². The van der Waals surface area contributed by atoms with Crippen LogP contribution in [0, 0.1) is 6.92 Å². The van der Waals surface area contributed by atoms with Crippen molar-refractivity contribution in [2.75, 3.05) is 0 Å². The van der Waals surface area contributed by atoms with Gasteiger partial charge in [0, 0.05) is 18.0 Å². The number of amides is 1. The van der Waals surface area contributed by atoms with E-state index in [1.165, 1.54) is 4.68 Å². The van der Waals surface area contributed by atoms with Gasteiger partial charge in [0.1, 0.15) is 0 Å². The van der Waals surface area contributed by atoms with Gasteiger partial charge in [0.05, 0.1) is 24.0 Å². The second-order valence-corrected chi connectivity index (χ2v) is 6.75. The van der Waals surface area contributed by atoms with Crippen LogP contribution in [0.25, 0.3) is 22.2 Å². The molecule has 4 aromatic rings. The van der Waals surface area contributed by atoms with Gasteiger partial charge < -0.3 is 9.84 Å². The van der Waals surface area contributed by atoms with E-state index in [2.05, 4.69) is 20.6 Å². The minimum absolute atomic E-state index is 0.0353. The van der Waals surface area contributed by atoms with Crippen LogP contribution in [-0.2, 0) is 24.8 Å². The summed E-state index contributed by atoms with van der Waals surface area (Å²) in [5.41, 5.74) is 2.33. The average Bonchev–Trinajstić information content (AvgIpc) is 3.20. The van der Waals surface area contributed by atoms with Gasteiger partial charge in [0.25, 0.3) is 5.56 Å². The lowest BCUT2D eigenvalue weighted by molar-refractivity contribution is -0.120. The number of carbonyl (C=O) groups excluding carboxylic acids is 1. The molecule has 2 aromatic heterocycles. The molecule has 146 valence electrons. The Bertz CT molecular complexity index is 1240. The first-order chi connectivity index (χ1) is 14.0. The predicted octanol–water partition coefficient (Wildman–Crippen LogP) is 2.15. The van der Waals surface area contributed by atoms with E-state index in [-0.39, 0.29) is 24.4 Å². The molecule has 2 aromatic carbocycles. The molecule has 0 unspecified atom stereocenters. The number of nitrogens with one attached hydrogen (secondary N) is 1. The van der Waals surface area contributed by atoms with E-state index >= 15 is 0 Å². The number of carbonyl (C=O) groups is 1. The number of fused-ring (bicyclic) bond motifs is 1. The molecule has 0 fully saturated rings. The largest absolute Gasteiger partial charge is 0.347 e. The third-order valence-corrected chi connectivity index (χ3v) is 4.58. The minimum Gasteiger partial charge on any atom is -0.347 e. The molecule has 0 aliphatic carbocycles. The fourth-order valence-corrected chi connectivity index (χ4v) is 3.04. The van der Waals surface area contributed by atoms with Gasteiger partial charge in [-0.2, -0.15) is 10.1 Å². The van der Waals surface area contributed by atoms with Crippen LogP contribution in [0.4, 0.5) is 0 Å². The van der Waals surface area contributed by atoms with Crippen LogP contribution in [0.2, 0.25) is 0 Å². The zero-order valence-corrected chi connectivity index (χ0v) is 16.0. The van der Waals surface area contributed by atoms with Gasteiger partial charge in [-0.15, -0.1) is 0 Å². The first-order valence-corrected chi connectivity index (χ1v) is 9.12. The maximum absolute atomic E-state index is 12.4. The molecule has 8 nitrogen and oxygen atoms in total. The molecular formula is C21H19N5O3. The van der Waals surface area contributed by atoms with Crippen molar-refractivity contribution in [3.05, 3.63) is 76.0 Å². The van der Waals surface area contributed by atoms with Gasteiger partial charge in [0.15, 0.2) is 0 Å². The van der Waals surface area contributed by atoms with Crippen molar-refractivity contribution in [2.45, 2.75) is 19.9 Å². The third kappa shape index (κ3) is 3.91. The summed E-state index contributed by atoms with van der Waals surface area (Å²) in [7, 11) is 1.57. The molecule has 0 atom stereocenters. The molecule has 0 aliphatic rings. The number of nitrogens with zero attached hydrogens (tertiary/aromatic N) is 4. The van der Waals surface area contributed by atoms with Crippen molar-refractivity contribution in [2.24, 2.45) is 7.05 Å². The van der Waals surface area contributed by atoms with Gasteiger partial charge >= 0.3 is 0 Å². The Hall–Kier alpha value is -3.81. The number of hydrogen-bond acceptors (Lipinski definition) is 6. The molecule has 2 heterocycles. The highest BCUT2D eigenvalue weighted by Crippen LogP contribution is 2.16. The zero-order chi connectivity index (χ0) is 20.4. The molecule has 0 radical (unpaired) electrons. The zero-order valence-electron chi connectivity index (χ0n) is 16.0. The van der Waals surface area contributed by atoms with Crippen LogP contribution < -0.4 is 10.9 Å². The Morgan fingerprint density at radius 3 is 2.59 bits per heavy atom. The maximum atomic E-state index is 12.4. The van der Waals surface area contributed by atoms with Crippen LogP contribution in [0.1, 0.15) is 17.1 Å². The Kier molecular flexibility index (Phi) is 4.90. The molecule has 29 heavy (non-hydrogen) atoms. The molecule has 1 amide bonds. The first-order valence-electron chi connectivity index (χ1n) is 9.12. The number of benzene rings is 2. The normalized spacial score (nSPS) is 11.0. The number of aryl methyl sites for hydroxylation is 2. The quantitative estimate of drug-likeness (QED) is 0.561. The Balaban J connectivity index is 1.45. The Morgan fingerprint density at radius 1 is 1.10 bits per heavy atom. The van der Waals surface area contributed by atoms with Crippen LogP contribution in [0.15, 0.2) is 57.8 Å². The van der Waals surface area contributed by atoms with E-state index in [0.717, 1.165) is 11.1 Å². The predicted molar refractivity (Wildman–Crippen MR) is 107 cm³/mol. The molecular weight excluding hydrogens is 370 g/mol. The topological polar surface area (TPSA) is 103 Å². The van der Waals surface area contributed by atoms with E-state index in [1.54, 1.807) is 25.2 Å². The highest BCUT2D eigenvalue weighted by atomic mass is 16.5. The number of hydrogen-bond donors (Lipinski definition) is 1. The van der Waals surface area contributed by atoms with E-state index < -0.39 is 0 Å². The SMILES string of the molecule is Cc1ccc(-c2noc(CNC(=O)Cc3nn(C)c(=O)c4ccccc34)n2)cc1. The third-order valence-electron chi connectivity index (χ3n) is 4.58. The van der Waals surface area contributed by atoms with Gasteiger partial charge in [-0.25, -0.2) is 4.68 Å². The van der Waals surface area contributed by atoms with E-state index in [0.29, 0.717) is 28.2 Å². The van der Waals surface area contributed by atoms with Crippen LogP contribution in [0.5, 0.6) is 0 Å². The standard InChI is InChI=1S/C21H19N5O3/c1-13-7-9-14(10-8-13)20-23-19(29-25-20)12-22-18(27)11-17-15-5-3-4-6-16(15)21(28)26(2)24-17/h3-10H,11-12H2,1-2H3,(H,22,27). The van der Waals surface area contributed by atoms with E-state index in [9.17, 15) is 9.59 Å². The van der Waals surface area contributed by atoms with Crippen LogP contribution in [-0.4, -0.2) is 25.8 Å². The maximum Gasteiger partial charge on any atom is 0.274 e. The van der Waals surface area contributed by atoms with Crippen molar-refractivity contribution in [1.82, 2.24) is 25.2 Å². The second kappa shape index (κ2) is 7.67. The fourth-order valence-electron chi connectivity index (χ4n) is 3.04. The second-order valence-electron chi connectivity index (χ2n) is 6.75. The Morgan fingerprint density at radius 2 is 1.83 bits per heavy atom. The highest BCUT2D eigenvalue weighted by Gasteiger charge is 2.14. The van der Waals surface area contributed by atoms with Crippen molar-refractivity contribution in [3.8, 4) is 11.4 Å². The lowest BCUT2D eigenvalue weighted by Gasteiger charge is -2.08. The summed E-state index contributed by atoms with van der Waals surface area (Å²) >= 11 is 0. The van der Waals surface area contributed by atoms with Gasteiger partial charge in [-0.3, -0.25) is 9.59 Å². The fraction of sp³-hybridized carbons (Fsp3) is 0.190. The Labute approximate surface area is 166 Å².